The van der Waals surface area contributed by atoms with E-state index in [1.807, 2.05) is 6.92 Å². The molecule has 0 spiro atoms. The van der Waals surface area contributed by atoms with Crippen LogP contribution in [-0.4, -0.2) is 55.0 Å². The highest BCUT2D eigenvalue weighted by Gasteiger charge is 2.24. The van der Waals surface area contributed by atoms with Crippen LogP contribution in [0, 0.1) is 0 Å². The van der Waals surface area contributed by atoms with Crippen LogP contribution in [0.1, 0.15) is 37.8 Å². The van der Waals surface area contributed by atoms with Crippen molar-refractivity contribution in [2.24, 2.45) is 0 Å². The number of morpholine rings is 1. The highest BCUT2D eigenvalue weighted by Crippen LogP contribution is 2.15. The predicted octanol–water partition coefficient (Wildman–Crippen LogP) is 1.98. The smallest absolute Gasteiger partial charge is 0.0869 e. The van der Waals surface area contributed by atoms with Gasteiger partial charge in [-0.1, -0.05) is 38.1 Å². The summed E-state index contributed by atoms with van der Waals surface area (Å²) in [5.74, 6) is 0.566. The van der Waals surface area contributed by atoms with Crippen molar-refractivity contribution >= 4 is 0 Å². The van der Waals surface area contributed by atoms with Gasteiger partial charge in [-0.15, -0.1) is 0 Å². The van der Waals surface area contributed by atoms with Crippen LogP contribution >= 0.6 is 0 Å². The molecule has 4 heteroatoms. The van der Waals surface area contributed by atoms with E-state index in [0.29, 0.717) is 19.0 Å². The van der Waals surface area contributed by atoms with Gasteiger partial charge in [-0.2, -0.15) is 0 Å². The summed E-state index contributed by atoms with van der Waals surface area (Å²) < 4.78 is 5.34. The number of aliphatic hydroxyl groups is 1. The number of rotatable bonds is 7. The molecule has 1 aliphatic heterocycles. The Bertz CT molecular complexity index is 437. The molecule has 0 bridgehead atoms. The molecular weight excluding hydrogens is 276 g/mol. The predicted molar refractivity (Wildman–Crippen MR) is 90.1 cm³/mol. The molecule has 1 unspecified atom stereocenters. The number of hydrogen-bond acceptors (Lipinski definition) is 4. The molecule has 1 aromatic carbocycles. The first kappa shape index (κ1) is 17.4. The zero-order chi connectivity index (χ0) is 16.0. The topological polar surface area (TPSA) is 44.7 Å². The molecule has 1 aliphatic rings. The van der Waals surface area contributed by atoms with Gasteiger partial charge in [0.05, 0.1) is 18.8 Å². The van der Waals surface area contributed by atoms with E-state index in [9.17, 15) is 5.11 Å². The second kappa shape index (κ2) is 8.06. The fraction of sp³-hybridized carbons (Fsp3) is 0.667. The summed E-state index contributed by atoms with van der Waals surface area (Å²) in [6.45, 7) is 11.7. The summed E-state index contributed by atoms with van der Waals surface area (Å²) in [6, 6.07) is 8.71. The molecule has 1 heterocycles. The van der Waals surface area contributed by atoms with Crippen molar-refractivity contribution in [2.75, 3.05) is 39.4 Å². The third kappa shape index (κ3) is 5.69. The zero-order valence-corrected chi connectivity index (χ0v) is 14.1. The van der Waals surface area contributed by atoms with Gasteiger partial charge in [-0.05, 0) is 24.0 Å². The summed E-state index contributed by atoms with van der Waals surface area (Å²) in [4.78, 5) is 2.27. The lowest BCUT2D eigenvalue weighted by molar-refractivity contribution is -0.0219. The molecule has 0 aromatic heterocycles. The molecule has 22 heavy (non-hydrogen) atoms. The third-order valence-electron chi connectivity index (χ3n) is 4.15. The maximum Gasteiger partial charge on any atom is 0.0869 e. The Morgan fingerprint density at radius 2 is 1.86 bits per heavy atom. The molecule has 0 saturated carbocycles. The Morgan fingerprint density at radius 3 is 2.45 bits per heavy atom. The molecule has 0 radical (unpaired) electrons. The summed E-state index contributed by atoms with van der Waals surface area (Å²) >= 11 is 0. The number of nitrogens with one attached hydrogen (secondary N) is 1. The molecule has 0 aliphatic carbocycles. The van der Waals surface area contributed by atoms with Gasteiger partial charge in [0.2, 0.25) is 0 Å². The molecule has 1 saturated heterocycles. The Balaban J connectivity index is 1.74. The van der Waals surface area contributed by atoms with Gasteiger partial charge >= 0.3 is 0 Å². The number of ether oxygens (including phenoxy) is 1. The number of benzene rings is 1. The van der Waals surface area contributed by atoms with Gasteiger partial charge in [0, 0.05) is 32.7 Å². The average Bonchev–Trinajstić information content (AvgIpc) is 2.48. The van der Waals surface area contributed by atoms with Crippen molar-refractivity contribution in [1.29, 1.82) is 0 Å². The van der Waals surface area contributed by atoms with Gasteiger partial charge in [-0.25, -0.2) is 0 Å². The highest BCUT2D eigenvalue weighted by atomic mass is 16.5. The molecule has 2 N–H and O–H groups in total. The molecule has 4 nitrogen and oxygen atoms in total. The average molecular weight is 306 g/mol. The minimum Gasteiger partial charge on any atom is -0.388 e. The summed E-state index contributed by atoms with van der Waals surface area (Å²) in [5.41, 5.74) is 1.91. The van der Waals surface area contributed by atoms with Crippen LogP contribution < -0.4 is 5.32 Å². The quantitative estimate of drug-likeness (QED) is 0.808. The van der Waals surface area contributed by atoms with E-state index < -0.39 is 5.60 Å². The summed E-state index contributed by atoms with van der Waals surface area (Å²) in [7, 11) is 0. The standard InChI is InChI=1S/C18H30N2O2/c1-15(2)17-6-4-16(5-7-17)12-19-13-18(3,21)14-20-8-10-22-11-9-20/h4-7,15,19,21H,8-14H2,1-3H3. The Hall–Kier alpha value is -0.940. The first-order valence-corrected chi connectivity index (χ1v) is 8.28. The zero-order valence-electron chi connectivity index (χ0n) is 14.1. The SMILES string of the molecule is CC(C)c1ccc(CNCC(C)(O)CN2CCOCC2)cc1. The summed E-state index contributed by atoms with van der Waals surface area (Å²) in [5, 5.41) is 13.9. The second-order valence-corrected chi connectivity index (χ2v) is 6.89. The van der Waals surface area contributed by atoms with Crippen molar-refractivity contribution < 1.29 is 9.84 Å². The minimum atomic E-state index is -0.713. The fourth-order valence-electron chi connectivity index (χ4n) is 2.79. The lowest BCUT2D eigenvalue weighted by Crippen LogP contribution is -2.50. The van der Waals surface area contributed by atoms with E-state index in [1.165, 1.54) is 11.1 Å². The molecule has 0 amide bonds. The Labute approximate surface area is 134 Å². The van der Waals surface area contributed by atoms with Crippen molar-refractivity contribution in [1.82, 2.24) is 10.2 Å². The van der Waals surface area contributed by atoms with E-state index in [0.717, 1.165) is 32.8 Å². The molecule has 124 valence electrons. The van der Waals surface area contributed by atoms with Crippen LogP contribution in [0.3, 0.4) is 0 Å². The maximum atomic E-state index is 10.5. The van der Waals surface area contributed by atoms with Crippen LogP contribution in [0.25, 0.3) is 0 Å². The molecule has 1 aromatic rings. The lowest BCUT2D eigenvalue weighted by Gasteiger charge is -2.34. The van der Waals surface area contributed by atoms with Crippen molar-refractivity contribution in [3.8, 4) is 0 Å². The van der Waals surface area contributed by atoms with Crippen LogP contribution in [-0.2, 0) is 11.3 Å². The first-order valence-electron chi connectivity index (χ1n) is 8.28. The Morgan fingerprint density at radius 1 is 1.23 bits per heavy atom. The van der Waals surface area contributed by atoms with E-state index >= 15 is 0 Å². The van der Waals surface area contributed by atoms with Gasteiger partial charge in [0.25, 0.3) is 0 Å². The van der Waals surface area contributed by atoms with Gasteiger partial charge in [0.1, 0.15) is 0 Å². The summed E-state index contributed by atoms with van der Waals surface area (Å²) in [6.07, 6.45) is 0. The molecule has 2 rings (SSSR count). The van der Waals surface area contributed by atoms with Crippen LogP contribution in [0.5, 0.6) is 0 Å². The third-order valence-corrected chi connectivity index (χ3v) is 4.15. The van der Waals surface area contributed by atoms with E-state index in [1.54, 1.807) is 0 Å². The van der Waals surface area contributed by atoms with Gasteiger partial charge in [-0.3, -0.25) is 4.90 Å². The van der Waals surface area contributed by atoms with E-state index in [4.69, 9.17) is 4.74 Å². The second-order valence-electron chi connectivity index (χ2n) is 6.89. The maximum absolute atomic E-state index is 10.5. The first-order chi connectivity index (χ1) is 10.5. The van der Waals surface area contributed by atoms with Crippen molar-refractivity contribution in [2.45, 2.75) is 38.8 Å². The van der Waals surface area contributed by atoms with Crippen LogP contribution in [0.2, 0.25) is 0 Å². The van der Waals surface area contributed by atoms with Crippen molar-refractivity contribution in [3.05, 3.63) is 35.4 Å². The molecular formula is C18H30N2O2. The minimum absolute atomic E-state index is 0.566. The molecule has 1 atom stereocenters. The van der Waals surface area contributed by atoms with E-state index in [2.05, 4.69) is 48.3 Å². The monoisotopic (exact) mass is 306 g/mol. The number of nitrogens with zero attached hydrogens (tertiary/aromatic N) is 1. The van der Waals surface area contributed by atoms with Crippen LogP contribution in [0.4, 0.5) is 0 Å². The fourth-order valence-corrected chi connectivity index (χ4v) is 2.79. The van der Waals surface area contributed by atoms with Crippen LogP contribution in [0.15, 0.2) is 24.3 Å². The highest BCUT2D eigenvalue weighted by molar-refractivity contribution is 5.24. The normalized spacial score (nSPS) is 19.3. The number of β-amino-alcohol motifs (C(OH)–C–C–N with tert-alkyl or cyclic N) is 1. The van der Waals surface area contributed by atoms with Gasteiger partial charge in [0.15, 0.2) is 0 Å². The van der Waals surface area contributed by atoms with E-state index in [-0.39, 0.29) is 0 Å². The van der Waals surface area contributed by atoms with Gasteiger partial charge < -0.3 is 15.2 Å². The number of hydrogen-bond donors (Lipinski definition) is 2. The lowest BCUT2D eigenvalue weighted by atomic mass is 10.0. The largest absolute Gasteiger partial charge is 0.388 e. The van der Waals surface area contributed by atoms with Crippen molar-refractivity contribution in [3.63, 3.8) is 0 Å². The Kier molecular flexibility index (Phi) is 6.38. The molecule has 1 fully saturated rings.